The Morgan fingerprint density at radius 2 is 1.83 bits per heavy atom. The number of sulfonamides is 1. The van der Waals surface area contributed by atoms with Gasteiger partial charge in [-0.25, -0.2) is 18.4 Å². The number of nitrogens with two attached hydrogens (primary N) is 1. The number of nitrogens with one attached hydrogen (secondary N) is 2. The van der Waals surface area contributed by atoms with Crippen LogP contribution in [0.25, 0.3) is 11.3 Å². The summed E-state index contributed by atoms with van der Waals surface area (Å²) in [6, 6.07) is 16.2. The zero-order valence-corrected chi connectivity index (χ0v) is 16.1. The highest BCUT2D eigenvalue weighted by Crippen LogP contribution is 2.18. The molecule has 10 heteroatoms. The summed E-state index contributed by atoms with van der Waals surface area (Å²) < 4.78 is 27.9. The van der Waals surface area contributed by atoms with Gasteiger partial charge in [0.05, 0.1) is 10.6 Å². The molecular formula is C19H18N4O5S. The molecule has 0 aliphatic rings. The molecule has 1 heterocycles. The number of amides is 1. The van der Waals surface area contributed by atoms with Crippen LogP contribution in [-0.2, 0) is 19.6 Å². The van der Waals surface area contributed by atoms with Crippen LogP contribution in [0.3, 0.4) is 0 Å². The van der Waals surface area contributed by atoms with Gasteiger partial charge in [0.15, 0.2) is 6.10 Å². The van der Waals surface area contributed by atoms with Crippen molar-refractivity contribution in [1.29, 1.82) is 0 Å². The van der Waals surface area contributed by atoms with Gasteiger partial charge in [-0.05, 0) is 31.2 Å². The van der Waals surface area contributed by atoms with Crippen molar-refractivity contribution in [1.82, 2.24) is 10.2 Å². The molecule has 0 aliphatic heterocycles. The fraction of sp³-hybridized carbons (Fsp3) is 0.105. The number of anilines is 1. The number of benzene rings is 2. The molecule has 9 nitrogen and oxygen atoms in total. The minimum atomic E-state index is -3.90. The van der Waals surface area contributed by atoms with Crippen LogP contribution in [0.5, 0.6) is 0 Å². The summed E-state index contributed by atoms with van der Waals surface area (Å²) in [5, 5.41) is 14.2. The highest BCUT2D eigenvalue weighted by atomic mass is 32.2. The summed E-state index contributed by atoms with van der Waals surface area (Å²) in [7, 11) is -3.90. The quantitative estimate of drug-likeness (QED) is 0.526. The topological polar surface area (TPSA) is 144 Å². The maximum Gasteiger partial charge on any atom is 0.357 e. The number of esters is 1. The van der Waals surface area contributed by atoms with E-state index in [0.29, 0.717) is 5.69 Å². The summed E-state index contributed by atoms with van der Waals surface area (Å²) in [6.45, 7) is 1.39. The Kier molecular flexibility index (Phi) is 5.76. The van der Waals surface area contributed by atoms with Crippen LogP contribution in [0.1, 0.15) is 17.4 Å². The smallest absolute Gasteiger partial charge is 0.357 e. The van der Waals surface area contributed by atoms with Crippen LogP contribution in [-0.4, -0.2) is 36.6 Å². The van der Waals surface area contributed by atoms with Gasteiger partial charge in [0.1, 0.15) is 5.69 Å². The summed E-state index contributed by atoms with van der Waals surface area (Å²) >= 11 is 0. The van der Waals surface area contributed by atoms with E-state index >= 15 is 0 Å². The van der Waals surface area contributed by atoms with Gasteiger partial charge in [-0.15, -0.1) is 0 Å². The number of nitrogens with zero attached hydrogens (tertiary/aromatic N) is 1. The summed E-state index contributed by atoms with van der Waals surface area (Å²) in [4.78, 5) is 24.4. The first-order chi connectivity index (χ1) is 13.7. The van der Waals surface area contributed by atoms with Gasteiger partial charge in [0.25, 0.3) is 5.91 Å². The van der Waals surface area contributed by atoms with E-state index in [1.54, 1.807) is 0 Å². The average molecular weight is 414 g/mol. The molecular weight excluding hydrogens is 396 g/mol. The van der Waals surface area contributed by atoms with E-state index in [4.69, 9.17) is 9.88 Å². The van der Waals surface area contributed by atoms with Crippen molar-refractivity contribution in [2.24, 2.45) is 5.14 Å². The van der Waals surface area contributed by atoms with Gasteiger partial charge in [-0.3, -0.25) is 9.89 Å². The molecule has 0 radical (unpaired) electrons. The molecule has 1 aromatic heterocycles. The second-order valence-corrected chi connectivity index (χ2v) is 7.70. The van der Waals surface area contributed by atoms with Gasteiger partial charge in [0, 0.05) is 11.3 Å². The number of aromatic amines is 1. The predicted molar refractivity (Wildman–Crippen MR) is 105 cm³/mol. The Morgan fingerprint density at radius 3 is 2.52 bits per heavy atom. The average Bonchev–Trinajstić information content (AvgIpc) is 3.18. The lowest BCUT2D eigenvalue weighted by molar-refractivity contribution is -0.123. The van der Waals surface area contributed by atoms with Gasteiger partial charge in [0.2, 0.25) is 10.0 Å². The Hall–Kier alpha value is -3.50. The Morgan fingerprint density at radius 1 is 1.10 bits per heavy atom. The number of carbonyl (C=O) groups excluding carboxylic acids is 2. The number of hydrogen-bond donors (Lipinski definition) is 3. The van der Waals surface area contributed by atoms with Crippen LogP contribution in [0.2, 0.25) is 0 Å². The van der Waals surface area contributed by atoms with Crippen molar-refractivity contribution >= 4 is 27.6 Å². The largest absolute Gasteiger partial charge is 0.448 e. The summed E-state index contributed by atoms with van der Waals surface area (Å²) in [6.07, 6.45) is -1.14. The molecule has 1 unspecified atom stereocenters. The van der Waals surface area contributed by atoms with Gasteiger partial charge >= 0.3 is 5.97 Å². The Labute approximate surface area is 166 Å². The molecule has 2 aromatic carbocycles. The molecule has 0 bridgehead atoms. The zero-order chi connectivity index (χ0) is 21.0. The standard InChI is InChI=1S/C19H18N4O5S/c1-12(18(24)21-14-8-5-9-15(10-14)29(20,26)27)28-19(25)17-11-16(22-23-17)13-6-3-2-4-7-13/h2-12H,1H3,(H,21,24)(H,22,23)(H2,20,26,27). The highest BCUT2D eigenvalue weighted by Gasteiger charge is 2.21. The molecule has 1 atom stereocenters. The van der Waals surface area contributed by atoms with Gasteiger partial charge < -0.3 is 10.1 Å². The third kappa shape index (κ3) is 5.06. The first-order valence-electron chi connectivity index (χ1n) is 8.49. The van der Waals surface area contributed by atoms with E-state index in [1.807, 2.05) is 30.3 Å². The molecule has 0 fully saturated rings. The molecule has 29 heavy (non-hydrogen) atoms. The number of hydrogen-bond acceptors (Lipinski definition) is 6. The van der Waals surface area contributed by atoms with Crippen LogP contribution < -0.4 is 10.5 Å². The lowest BCUT2D eigenvalue weighted by atomic mass is 10.1. The lowest BCUT2D eigenvalue weighted by Gasteiger charge is -2.13. The predicted octanol–water partition coefficient (Wildman–Crippen LogP) is 1.91. The van der Waals surface area contributed by atoms with Crippen molar-refractivity contribution in [3.8, 4) is 11.3 Å². The number of H-pyrrole nitrogens is 1. The minimum Gasteiger partial charge on any atom is -0.448 e. The van der Waals surface area contributed by atoms with Crippen molar-refractivity contribution in [3.05, 3.63) is 66.4 Å². The molecule has 0 spiro atoms. The maximum absolute atomic E-state index is 12.3. The van der Waals surface area contributed by atoms with Gasteiger partial charge in [-0.1, -0.05) is 36.4 Å². The second kappa shape index (κ2) is 8.25. The molecule has 4 N–H and O–H groups in total. The van der Waals surface area contributed by atoms with Crippen molar-refractivity contribution in [2.45, 2.75) is 17.9 Å². The number of carbonyl (C=O) groups is 2. The fourth-order valence-electron chi connectivity index (χ4n) is 2.46. The third-order valence-electron chi connectivity index (χ3n) is 3.95. The van der Waals surface area contributed by atoms with E-state index < -0.39 is 28.0 Å². The minimum absolute atomic E-state index is 0.0970. The number of ether oxygens (including phenoxy) is 1. The number of aromatic nitrogens is 2. The molecule has 3 rings (SSSR count). The van der Waals surface area contributed by atoms with Gasteiger partial charge in [-0.2, -0.15) is 5.10 Å². The lowest BCUT2D eigenvalue weighted by Crippen LogP contribution is -2.30. The summed E-state index contributed by atoms with van der Waals surface area (Å²) in [5.41, 5.74) is 1.69. The fourth-order valence-corrected chi connectivity index (χ4v) is 3.01. The van der Waals surface area contributed by atoms with E-state index in [0.717, 1.165) is 5.56 Å². The first-order valence-corrected chi connectivity index (χ1v) is 10.0. The summed E-state index contributed by atoms with van der Waals surface area (Å²) in [5.74, 6) is -1.38. The maximum atomic E-state index is 12.3. The Bertz CT molecular complexity index is 1140. The van der Waals surface area contributed by atoms with E-state index in [2.05, 4.69) is 15.5 Å². The normalized spacial score (nSPS) is 12.2. The molecule has 1 amide bonds. The molecule has 3 aromatic rings. The Balaban J connectivity index is 1.64. The van der Waals surface area contributed by atoms with Crippen LogP contribution >= 0.6 is 0 Å². The van der Waals surface area contributed by atoms with E-state index in [9.17, 15) is 18.0 Å². The van der Waals surface area contributed by atoms with Crippen molar-refractivity contribution < 1.29 is 22.7 Å². The van der Waals surface area contributed by atoms with E-state index in [-0.39, 0.29) is 16.3 Å². The van der Waals surface area contributed by atoms with Crippen LogP contribution in [0.4, 0.5) is 5.69 Å². The number of primary sulfonamides is 1. The molecule has 0 saturated carbocycles. The second-order valence-electron chi connectivity index (χ2n) is 6.14. The van der Waals surface area contributed by atoms with E-state index in [1.165, 1.54) is 37.3 Å². The first kappa shape index (κ1) is 20.2. The monoisotopic (exact) mass is 414 g/mol. The van der Waals surface area contributed by atoms with Crippen LogP contribution in [0, 0.1) is 0 Å². The zero-order valence-electron chi connectivity index (χ0n) is 15.3. The molecule has 0 saturated heterocycles. The van der Waals surface area contributed by atoms with Crippen molar-refractivity contribution in [2.75, 3.05) is 5.32 Å². The van der Waals surface area contributed by atoms with Crippen LogP contribution in [0.15, 0.2) is 65.6 Å². The highest BCUT2D eigenvalue weighted by molar-refractivity contribution is 7.89. The SMILES string of the molecule is CC(OC(=O)c1cc(-c2ccccc2)n[nH]1)C(=O)Nc1cccc(S(N)(=O)=O)c1. The molecule has 0 aliphatic carbocycles. The van der Waals surface area contributed by atoms with Crippen molar-refractivity contribution in [3.63, 3.8) is 0 Å². The number of rotatable bonds is 6. The molecule has 150 valence electrons. The third-order valence-corrected chi connectivity index (χ3v) is 4.86.